The second-order valence-electron chi connectivity index (χ2n) is 4.76. The number of nitriles is 1. The van der Waals surface area contributed by atoms with Crippen molar-refractivity contribution in [2.45, 2.75) is 26.3 Å². The molecule has 0 heterocycles. The molecule has 5 heteroatoms. The third-order valence-electron chi connectivity index (χ3n) is 2.95. The third kappa shape index (κ3) is 4.46. The maximum atomic E-state index is 11.8. The summed E-state index contributed by atoms with van der Waals surface area (Å²) in [6.07, 6.45) is 0. The Balaban J connectivity index is 2.55. The minimum absolute atomic E-state index is 0.00706. The van der Waals surface area contributed by atoms with Crippen LogP contribution in [-0.2, 0) is 4.79 Å². The smallest absolute Gasteiger partial charge is 0.259 e. The first-order valence-electron chi connectivity index (χ1n) is 5.98. The molecule has 102 valence electrons. The number of ether oxygens (including phenoxy) is 1. The lowest BCUT2D eigenvalue weighted by Crippen LogP contribution is -2.50. The van der Waals surface area contributed by atoms with Crippen LogP contribution in [0.15, 0.2) is 24.3 Å². The summed E-state index contributed by atoms with van der Waals surface area (Å²) in [7, 11) is 0. The summed E-state index contributed by atoms with van der Waals surface area (Å²) in [6.45, 7) is 5.29. The van der Waals surface area contributed by atoms with Crippen molar-refractivity contribution in [1.82, 2.24) is 5.32 Å². The Kier molecular flexibility index (Phi) is 5.20. The van der Waals surface area contributed by atoms with Gasteiger partial charge < -0.3 is 10.1 Å². The SMILES string of the molecule is CC(C)[C@@](C)(C#N)NC(=O)COc1cccc(Cl)c1. The zero-order valence-electron chi connectivity index (χ0n) is 11.2. The van der Waals surface area contributed by atoms with Crippen molar-refractivity contribution in [1.29, 1.82) is 5.26 Å². The number of nitrogens with one attached hydrogen (secondary N) is 1. The number of halogens is 1. The highest BCUT2D eigenvalue weighted by Crippen LogP contribution is 2.17. The van der Waals surface area contributed by atoms with Gasteiger partial charge in [0.05, 0.1) is 6.07 Å². The van der Waals surface area contributed by atoms with E-state index >= 15 is 0 Å². The van der Waals surface area contributed by atoms with Crippen molar-refractivity contribution in [3.63, 3.8) is 0 Å². The number of benzene rings is 1. The summed E-state index contributed by atoms with van der Waals surface area (Å²) in [5.41, 5.74) is -0.894. The second kappa shape index (κ2) is 6.44. The van der Waals surface area contributed by atoms with Crippen LogP contribution in [0, 0.1) is 17.2 Å². The Morgan fingerprint density at radius 3 is 2.79 bits per heavy atom. The molecule has 1 aromatic rings. The number of carbonyl (C=O) groups excluding carboxylic acids is 1. The highest BCUT2D eigenvalue weighted by Gasteiger charge is 2.29. The van der Waals surface area contributed by atoms with Gasteiger partial charge in [-0.15, -0.1) is 0 Å². The van der Waals surface area contributed by atoms with Crippen LogP contribution in [0.3, 0.4) is 0 Å². The maximum absolute atomic E-state index is 11.8. The summed E-state index contributed by atoms with van der Waals surface area (Å²) < 4.78 is 5.31. The largest absolute Gasteiger partial charge is 0.484 e. The molecule has 0 aliphatic carbocycles. The van der Waals surface area contributed by atoms with E-state index in [1.54, 1.807) is 31.2 Å². The summed E-state index contributed by atoms with van der Waals surface area (Å²) in [4.78, 5) is 11.8. The van der Waals surface area contributed by atoms with Gasteiger partial charge in [0, 0.05) is 5.02 Å². The molecule has 0 saturated heterocycles. The van der Waals surface area contributed by atoms with E-state index in [0.717, 1.165) is 0 Å². The predicted octanol–water partition coefficient (Wildman–Crippen LogP) is 2.77. The summed E-state index contributed by atoms with van der Waals surface area (Å²) in [5, 5.41) is 12.3. The monoisotopic (exact) mass is 280 g/mol. The average molecular weight is 281 g/mol. The predicted molar refractivity (Wildman–Crippen MR) is 73.9 cm³/mol. The van der Waals surface area contributed by atoms with Crippen molar-refractivity contribution in [2.24, 2.45) is 5.92 Å². The first-order valence-corrected chi connectivity index (χ1v) is 6.36. The fourth-order valence-electron chi connectivity index (χ4n) is 1.33. The topological polar surface area (TPSA) is 62.1 Å². The molecule has 1 aromatic carbocycles. The van der Waals surface area contributed by atoms with Crippen LogP contribution in [0.2, 0.25) is 5.02 Å². The minimum Gasteiger partial charge on any atom is -0.484 e. The minimum atomic E-state index is -0.894. The molecule has 1 N–H and O–H groups in total. The van der Waals surface area contributed by atoms with E-state index in [1.165, 1.54) is 0 Å². The zero-order chi connectivity index (χ0) is 14.5. The average Bonchev–Trinajstić information content (AvgIpc) is 2.36. The van der Waals surface area contributed by atoms with Crippen molar-refractivity contribution < 1.29 is 9.53 Å². The van der Waals surface area contributed by atoms with Gasteiger partial charge in [0.2, 0.25) is 0 Å². The van der Waals surface area contributed by atoms with Gasteiger partial charge in [-0.2, -0.15) is 5.26 Å². The van der Waals surface area contributed by atoms with Crippen LogP contribution < -0.4 is 10.1 Å². The number of amides is 1. The molecule has 1 rings (SSSR count). The molecule has 0 aliphatic rings. The lowest BCUT2D eigenvalue weighted by atomic mass is 9.90. The fraction of sp³-hybridized carbons (Fsp3) is 0.429. The highest BCUT2D eigenvalue weighted by molar-refractivity contribution is 6.30. The summed E-state index contributed by atoms with van der Waals surface area (Å²) in [6, 6.07) is 8.91. The quantitative estimate of drug-likeness (QED) is 0.902. The van der Waals surface area contributed by atoms with Gasteiger partial charge in [0.25, 0.3) is 5.91 Å². The van der Waals surface area contributed by atoms with E-state index < -0.39 is 5.54 Å². The third-order valence-corrected chi connectivity index (χ3v) is 3.19. The maximum Gasteiger partial charge on any atom is 0.259 e. The van der Waals surface area contributed by atoms with Crippen molar-refractivity contribution in [3.8, 4) is 11.8 Å². The first kappa shape index (κ1) is 15.3. The van der Waals surface area contributed by atoms with E-state index in [9.17, 15) is 4.79 Å². The van der Waals surface area contributed by atoms with Crippen LogP contribution in [0.1, 0.15) is 20.8 Å². The molecule has 0 spiro atoms. The Labute approximate surface area is 118 Å². The van der Waals surface area contributed by atoms with Crippen molar-refractivity contribution in [2.75, 3.05) is 6.61 Å². The number of hydrogen-bond acceptors (Lipinski definition) is 3. The molecule has 0 radical (unpaired) electrons. The lowest BCUT2D eigenvalue weighted by molar-refractivity contribution is -0.124. The molecule has 0 aliphatic heterocycles. The molecule has 1 atom stereocenters. The number of rotatable bonds is 5. The number of nitrogens with zero attached hydrogens (tertiary/aromatic N) is 1. The van der Waals surface area contributed by atoms with Crippen LogP contribution in [0.5, 0.6) is 5.75 Å². The van der Waals surface area contributed by atoms with Gasteiger partial charge in [0.1, 0.15) is 11.3 Å². The van der Waals surface area contributed by atoms with Gasteiger partial charge in [-0.05, 0) is 31.0 Å². The molecule has 0 saturated carbocycles. The van der Waals surface area contributed by atoms with Crippen LogP contribution in [-0.4, -0.2) is 18.1 Å². The van der Waals surface area contributed by atoms with Crippen LogP contribution in [0.4, 0.5) is 0 Å². The van der Waals surface area contributed by atoms with Gasteiger partial charge in [0.15, 0.2) is 6.61 Å². The summed E-state index contributed by atoms with van der Waals surface area (Å²) >= 11 is 5.81. The van der Waals surface area contributed by atoms with Crippen LogP contribution >= 0.6 is 11.6 Å². The Bertz CT molecular complexity index is 496. The molecule has 0 aromatic heterocycles. The van der Waals surface area contributed by atoms with Crippen molar-refractivity contribution in [3.05, 3.63) is 29.3 Å². The summed E-state index contributed by atoms with van der Waals surface area (Å²) in [5.74, 6) is 0.191. The molecule has 1 amide bonds. The molecule has 19 heavy (non-hydrogen) atoms. The first-order chi connectivity index (χ1) is 8.87. The van der Waals surface area contributed by atoms with E-state index in [2.05, 4.69) is 11.4 Å². The van der Waals surface area contributed by atoms with E-state index in [-0.39, 0.29) is 18.4 Å². The van der Waals surface area contributed by atoms with Gasteiger partial charge >= 0.3 is 0 Å². The van der Waals surface area contributed by atoms with Crippen molar-refractivity contribution >= 4 is 17.5 Å². The lowest BCUT2D eigenvalue weighted by Gasteiger charge is -2.27. The standard InChI is InChI=1S/C14H17ClN2O2/c1-10(2)14(3,9-16)17-13(18)8-19-12-6-4-5-11(15)7-12/h4-7,10H,8H2,1-3H3,(H,17,18)/t14-/m1/s1. The highest BCUT2D eigenvalue weighted by atomic mass is 35.5. The van der Waals surface area contributed by atoms with Gasteiger partial charge in [-0.3, -0.25) is 4.79 Å². The molecule has 0 fully saturated rings. The molecular formula is C14H17ClN2O2. The molecule has 0 unspecified atom stereocenters. The number of carbonyl (C=O) groups is 1. The fourth-order valence-corrected chi connectivity index (χ4v) is 1.51. The Morgan fingerprint density at radius 2 is 2.26 bits per heavy atom. The van der Waals surface area contributed by atoms with Crippen LogP contribution in [0.25, 0.3) is 0 Å². The Hall–Kier alpha value is -1.73. The molecule has 4 nitrogen and oxygen atoms in total. The molecular weight excluding hydrogens is 264 g/mol. The van der Waals surface area contributed by atoms with Gasteiger partial charge in [-0.1, -0.05) is 31.5 Å². The Morgan fingerprint density at radius 1 is 1.58 bits per heavy atom. The van der Waals surface area contributed by atoms with Gasteiger partial charge in [-0.25, -0.2) is 0 Å². The van der Waals surface area contributed by atoms with E-state index in [0.29, 0.717) is 10.8 Å². The normalized spacial score (nSPS) is 13.5. The van der Waals surface area contributed by atoms with E-state index in [1.807, 2.05) is 13.8 Å². The second-order valence-corrected chi connectivity index (χ2v) is 5.20. The number of hydrogen-bond donors (Lipinski definition) is 1. The molecule has 0 bridgehead atoms. The zero-order valence-corrected chi connectivity index (χ0v) is 12.0. The van der Waals surface area contributed by atoms with E-state index in [4.69, 9.17) is 21.6 Å².